The molecule has 0 atom stereocenters. The monoisotopic (exact) mass is 248 g/mol. The van der Waals surface area contributed by atoms with Gasteiger partial charge in [0.05, 0.1) is 0 Å². The Balaban J connectivity index is 2.10. The maximum atomic E-state index is 12.2. The van der Waals surface area contributed by atoms with E-state index in [-0.39, 0.29) is 5.78 Å². The van der Waals surface area contributed by atoms with Crippen molar-refractivity contribution in [1.29, 1.82) is 0 Å². The minimum Gasteiger partial charge on any atom is -0.294 e. The van der Waals surface area contributed by atoms with Crippen LogP contribution in [0.2, 0.25) is 0 Å². The summed E-state index contributed by atoms with van der Waals surface area (Å²) >= 11 is 0. The fourth-order valence-corrected chi connectivity index (χ4v) is 2.02. The van der Waals surface area contributed by atoms with Crippen molar-refractivity contribution in [2.45, 2.75) is 12.8 Å². The summed E-state index contributed by atoms with van der Waals surface area (Å²) in [6.07, 6.45) is 3.04. The Labute approximate surface area is 113 Å². The molecule has 0 heterocycles. The first-order chi connectivity index (χ1) is 9.31. The van der Waals surface area contributed by atoms with Gasteiger partial charge in [0.15, 0.2) is 5.78 Å². The third kappa shape index (κ3) is 3.54. The van der Waals surface area contributed by atoms with Gasteiger partial charge < -0.3 is 0 Å². The molecule has 2 rings (SSSR count). The summed E-state index contributed by atoms with van der Waals surface area (Å²) in [4.78, 5) is 12.2. The molecule has 1 heteroatoms. The van der Waals surface area contributed by atoms with Crippen molar-refractivity contribution in [2.75, 3.05) is 0 Å². The molecule has 94 valence electrons. The highest BCUT2D eigenvalue weighted by atomic mass is 16.1. The molecule has 0 fully saturated rings. The zero-order chi connectivity index (χ0) is 13.5. The molecule has 0 aliphatic carbocycles. The highest BCUT2D eigenvalue weighted by Gasteiger charge is 2.09. The lowest BCUT2D eigenvalue weighted by Crippen LogP contribution is -2.03. The van der Waals surface area contributed by atoms with Crippen LogP contribution >= 0.6 is 0 Å². The van der Waals surface area contributed by atoms with Crippen molar-refractivity contribution in [1.82, 2.24) is 0 Å². The fraction of sp³-hybridized carbons (Fsp3) is 0.111. The van der Waals surface area contributed by atoms with E-state index >= 15 is 0 Å². The molecule has 2 aromatic rings. The van der Waals surface area contributed by atoms with E-state index in [1.54, 1.807) is 6.08 Å². The number of ketones is 1. The SMILES string of the molecule is C=C=Cc1ccccc1C(=O)CCc1ccccc1. The Bertz CT molecular complexity index is 605. The van der Waals surface area contributed by atoms with Gasteiger partial charge in [-0.3, -0.25) is 4.79 Å². The predicted octanol–water partition coefficient (Wildman–Crippen LogP) is 4.30. The van der Waals surface area contributed by atoms with E-state index in [1.807, 2.05) is 54.6 Å². The Hall–Kier alpha value is -2.37. The number of hydrogen-bond donors (Lipinski definition) is 0. The molecule has 0 unspecified atom stereocenters. The van der Waals surface area contributed by atoms with Crippen LogP contribution in [-0.4, -0.2) is 5.78 Å². The van der Waals surface area contributed by atoms with E-state index in [1.165, 1.54) is 5.56 Å². The van der Waals surface area contributed by atoms with E-state index in [0.717, 1.165) is 17.5 Å². The van der Waals surface area contributed by atoms with E-state index in [9.17, 15) is 4.79 Å². The second-order valence-electron chi connectivity index (χ2n) is 4.34. The minimum absolute atomic E-state index is 0.158. The molecule has 0 N–H and O–H groups in total. The zero-order valence-electron chi connectivity index (χ0n) is 10.8. The van der Waals surface area contributed by atoms with Gasteiger partial charge >= 0.3 is 0 Å². The molecule has 19 heavy (non-hydrogen) atoms. The van der Waals surface area contributed by atoms with Crippen molar-refractivity contribution in [3.8, 4) is 0 Å². The smallest absolute Gasteiger partial charge is 0.163 e. The van der Waals surface area contributed by atoms with Gasteiger partial charge in [-0.05, 0) is 23.6 Å². The second kappa shape index (κ2) is 6.53. The van der Waals surface area contributed by atoms with Crippen molar-refractivity contribution in [3.63, 3.8) is 0 Å². The van der Waals surface area contributed by atoms with Crippen LogP contribution in [0, 0.1) is 0 Å². The van der Waals surface area contributed by atoms with Gasteiger partial charge in [0.1, 0.15) is 0 Å². The van der Waals surface area contributed by atoms with Gasteiger partial charge in [-0.25, -0.2) is 0 Å². The summed E-state index contributed by atoms with van der Waals surface area (Å²) in [6.45, 7) is 3.56. The molecule has 0 saturated heterocycles. The average molecular weight is 248 g/mol. The maximum Gasteiger partial charge on any atom is 0.163 e. The lowest BCUT2D eigenvalue weighted by Gasteiger charge is -2.05. The first kappa shape index (κ1) is 13.1. The van der Waals surface area contributed by atoms with Crippen LogP contribution in [0.25, 0.3) is 6.08 Å². The fourth-order valence-electron chi connectivity index (χ4n) is 2.02. The number of carbonyl (C=O) groups is 1. The first-order valence-electron chi connectivity index (χ1n) is 6.33. The third-order valence-electron chi connectivity index (χ3n) is 3.00. The number of rotatable bonds is 5. The molecule has 0 aromatic heterocycles. The summed E-state index contributed by atoms with van der Waals surface area (Å²) in [6, 6.07) is 17.6. The quantitative estimate of drug-likeness (QED) is 0.569. The van der Waals surface area contributed by atoms with Gasteiger partial charge in [-0.15, -0.1) is 5.73 Å². The molecule has 1 nitrogen and oxygen atoms in total. The molecular formula is C18H16O. The molecule has 0 spiro atoms. The molecule has 2 aromatic carbocycles. The van der Waals surface area contributed by atoms with Gasteiger partial charge in [0.2, 0.25) is 0 Å². The lowest BCUT2D eigenvalue weighted by molar-refractivity contribution is 0.0982. The van der Waals surface area contributed by atoms with Crippen LogP contribution in [0.3, 0.4) is 0 Å². The van der Waals surface area contributed by atoms with Crippen molar-refractivity contribution in [2.24, 2.45) is 0 Å². The van der Waals surface area contributed by atoms with E-state index in [4.69, 9.17) is 0 Å². The Kier molecular flexibility index (Phi) is 4.49. The highest BCUT2D eigenvalue weighted by molar-refractivity contribution is 5.99. The summed E-state index contributed by atoms with van der Waals surface area (Å²) in [5.41, 5.74) is 5.54. The van der Waals surface area contributed by atoms with Crippen LogP contribution < -0.4 is 0 Å². The summed E-state index contributed by atoms with van der Waals surface area (Å²) < 4.78 is 0. The Morgan fingerprint density at radius 3 is 2.47 bits per heavy atom. The van der Waals surface area contributed by atoms with E-state index < -0.39 is 0 Å². The Morgan fingerprint density at radius 2 is 1.74 bits per heavy atom. The predicted molar refractivity (Wildman–Crippen MR) is 79.1 cm³/mol. The summed E-state index contributed by atoms with van der Waals surface area (Å²) in [5.74, 6) is 0.158. The molecule has 0 amide bonds. The number of Topliss-reactive ketones (excluding diaryl/α,β-unsaturated/α-hetero) is 1. The second-order valence-corrected chi connectivity index (χ2v) is 4.34. The minimum atomic E-state index is 0.158. The van der Waals surface area contributed by atoms with Crippen molar-refractivity contribution in [3.05, 3.63) is 83.6 Å². The first-order valence-corrected chi connectivity index (χ1v) is 6.33. The maximum absolute atomic E-state index is 12.2. The zero-order valence-corrected chi connectivity index (χ0v) is 10.8. The topological polar surface area (TPSA) is 17.1 Å². The summed E-state index contributed by atoms with van der Waals surface area (Å²) in [7, 11) is 0. The largest absolute Gasteiger partial charge is 0.294 e. The molecular weight excluding hydrogens is 232 g/mol. The standard InChI is InChI=1S/C18H16O/c1-2-8-16-11-6-7-12-17(16)18(19)14-13-15-9-4-3-5-10-15/h3-12H,1,13-14H2. The number of benzene rings is 2. The van der Waals surface area contributed by atoms with Crippen LogP contribution in [0.5, 0.6) is 0 Å². The van der Waals surface area contributed by atoms with Gasteiger partial charge in [-0.1, -0.05) is 61.2 Å². The van der Waals surface area contributed by atoms with Gasteiger partial charge in [0, 0.05) is 12.0 Å². The van der Waals surface area contributed by atoms with Crippen LogP contribution in [0.15, 0.2) is 66.9 Å². The summed E-state index contributed by atoms with van der Waals surface area (Å²) in [5, 5.41) is 0. The number of carbonyl (C=O) groups excluding carboxylic acids is 1. The normalized spacial score (nSPS) is 9.68. The lowest BCUT2D eigenvalue weighted by atomic mass is 9.98. The average Bonchev–Trinajstić information content (AvgIpc) is 2.47. The van der Waals surface area contributed by atoms with Gasteiger partial charge in [-0.2, -0.15) is 0 Å². The van der Waals surface area contributed by atoms with Gasteiger partial charge in [0.25, 0.3) is 0 Å². The van der Waals surface area contributed by atoms with E-state index in [0.29, 0.717) is 6.42 Å². The van der Waals surface area contributed by atoms with Crippen LogP contribution in [0.1, 0.15) is 27.9 Å². The van der Waals surface area contributed by atoms with E-state index in [2.05, 4.69) is 12.3 Å². The number of hydrogen-bond acceptors (Lipinski definition) is 1. The van der Waals surface area contributed by atoms with Crippen LogP contribution in [0.4, 0.5) is 0 Å². The molecule has 0 radical (unpaired) electrons. The molecule has 0 aliphatic heterocycles. The van der Waals surface area contributed by atoms with Crippen molar-refractivity contribution < 1.29 is 4.79 Å². The third-order valence-corrected chi connectivity index (χ3v) is 3.00. The molecule has 0 saturated carbocycles. The van der Waals surface area contributed by atoms with Crippen molar-refractivity contribution >= 4 is 11.9 Å². The highest BCUT2D eigenvalue weighted by Crippen LogP contribution is 2.14. The molecule has 0 bridgehead atoms. The number of aryl methyl sites for hydroxylation is 1. The molecule has 0 aliphatic rings. The van der Waals surface area contributed by atoms with Crippen LogP contribution in [-0.2, 0) is 6.42 Å². The Morgan fingerprint density at radius 1 is 1.05 bits per heavy atom.